The molecule has 4 nitrogen and oxygen atoms in total. The highest BCUT2D eigenvalue weighted by Gasteiger charge is 2.17. The van der Waals surface area contributed by atoms with Gasteiger partial charge in [-0.05, 0) is 23.3 Å². The highest BCUT2D eigenvalue weighted by molar-refractivity contribution is 7.13. The van der Waals surface area contributed by atoms with Crippen LogP contribution in [0.1, 0.15) is 22.9 Å². The van der Waals surface area contributed by atoms with Gasteiger partial charge in [0.15, 0.2) is 0 Å². The van der Waals surface area contributed by atoms with Crippen molar-refractivity contribution in [3.8, 4) is 10.7 Å². The van der Waals surface area contributed by atoms with Crippen molar-refractivity contribution in [3.63, 3.8) is 0 Å². The van der Waals surface area contributed by atoms with Gasteiger partial charge in [0.2, 0.25) is 5.91 Å². The zero-order valence-electron chi connectivity index (χ0n) is 15.2. The summed E-state index contributed by atoms with van der Waals surface area (Å²) in [4.78, 5) is 21.6. The predicted octanol–water partition coefficient (Wildman–Crippen LogP) is 4.65. The van der Waals surface area contributed by atoms with Crippen LogP contribution < -0.4 is 5.32 Å². The Labute approximate surface area is 167 Å². The van der Waals surface area contributed by atoms with E-state index in [9.17, 15) is 4.79 Å². The van der Waals surface area contributed by atoms with Gasteiger partial charge >= 0.3 is 0 Å². The Bertz CT molecular complexity index is 994. The van der Waals surface area contributed by atoms with Gasteiger partial charge < -0.3 is 5.32 Å². The topological polar surface area (TPSA) is 54.9 Å². The van der Waals surface area contributed by atoms with E-state index in [2.05, 4.69) is 15.3 Å². The third-order valence-electron chi connectivity index (χ3n) is 4.35. The Kier molecular flexibility index (Phi) is 5.54. The summed E-state index contributed by atoms with van der Waals surface area (Å²) in [5.41, 5.74) is 3.68. The number of aromatic nitrogens is 2. The number of pyridine rings is 1. The highest BCUT2D eigenvalue weighted by Crippen LogP contribution is 2.23. The molecule has 0 aliphatic carbocycles. The van der Waals surface area contributed by atoms with Gasteiger partial charge in [-0.25, -0.2) is 4.98 Å². The number of hydrogen-bond acceptors (Lipinski definition) is 4. The van der Waals surface area contributed by atoms with Gasteiger partial charge in [0, 0.05) is 11.6 Å². The summed E-state index contributed by atoms with van der Waals surface area (Å²) in [6.07, 6.45) is 1.98. The van der Waals surface area contributed by atoms with E-state index in [4.69, 9.17) is 0 Å². The molecule has 1 amide bonds. The van der Waals surface area contributed by atoms with E-state index in [-0.39, 0.29) is 18.4 Å². The maximum Gasteiger partial charge on any atom is 0.226 e. The molecule has 2 aromatic heterocycles. The average Bonchev–Trinajstić information content (AvgIpc) is 3.22. The maximum absolute atomic E-state index is 12.8. The molecular formula is C23H19N3OS. The molecule has 0 unspecified atom stereocenters. The van der Waals surface area contributed by atoms with Crippen LogP contribution in [0, 0.1) is 0 Å². The number of nitrogens with one attached hydrogen (secondary N) is 1. The van der Waals surface area contributed by atoms with Crippen molar-refractivity contribution in [1.29, 1.82) is 0 Å². The Morgan fingerprint density at radius 1 is 0.893 bits per heavy atom. The van der Waals surface area contributed by atoms with E-state index >= 15 is 0 Å². The molecule has 0 aliphatic heterocycles. The zero-order valence-corrected chi connectivity index (χ0v) is 16.0. The van der Waals surface area contributed by atoms with Gasteiger partial charge in [0.1, 0.15) is 5.01 Å². The van der Waals surface area contributed by atoms with Gasteiger partial charge in [-0.1, -0.05) is 66.7 Å². The molecule has 0 saturated carbocycles. The van der Waals surface area contributed by atoms with Crippen molar-refractivity contribution in [2.75, 3.05) is 0 Å². The predicted molar refractivity (Wildman–Crippen MR) is 112 cm³/mol. The molecule has 0 fully saturated rings. The highest BCUT2D eigenvalue weighted by atomic mass is 32.1. The van der Waals surface area contributed by atoms with E-state index in [0.717, 1.165) is 27.5 Å². The number of thiazole rings is 1. The van der Waals surface area contributed by atoms with E-state index in [1.807, 2.05) is 84.2 Å². The van der Waals surface area contributed by atoms with Crippen molar-refractivity contribution in [2.45, 2.75) is 12.5 Å². The third-order valence-corrected chi connectivity index (χ3v) is 5.26. The molecule has 138 valence electrons. The molecule has 0 atom stereocenters. The minimum Gasteiger partial charge on any atom is -0.345 e. The minimum atomic E-state index is -0.191. The minimum absolute atomic E-state index is 0.0597. The summed E-state index contributed by atoms with van der Waals surface area (Å²) < 4.78 is 0. The lowest BCUT2D eigenvalue weighted by Gasteiger charge is -2.19. The van der Waals surface area contributed by atoms with Gasteiger partial charge in [0.25, 0.3) is 0 Å². The van der Waals surface area contributed by atoms with Gasteiger partial charge in [-0.15, -0.1) is 11.3 Å². The number of hydrogen-bond donors (Lipinski definition) is 1. The molecule has 0 aliphatic rings. The van der Waals surface area contributed by atoms with Crippen LogP contribution in [-0.4, -0.2) is 15.9 Å². The molecule has 28 heavy (non-hydrogen) atoms. The van der Waals surface area contributed by atoms with Crippen molar-refractivity contribution in [1.82, 2.24) is 15.3 Å². The van der Waals surface area contributed by atoms with E-state index < -0.39 is 0 Å². The summed E-state index contributed by atoms with van der Waals surface area (Å²) >= 11 is 1.50. The zero-order chi connectivity index (χ0) is 19.2. The molecule has 0 radical (unpaired) electrons. The molecule has 0 bridgehead atoms. The average molecular weight is 385 g/mol. The second-order valence-corrected chi connectivity index (χ2v) is 7.22. The normalized spacial score (nSPS) is 10.8. The molecule has 2 aromatic carbocycles. The summed E-state index contributed by atoms with van der Waals surface area (Å²) in [5, 5.41) is 5.90. The number of rotatable bonds is 6. The summed E-state index contributed by atoms with van der Waals surface area (Å²) in [7, 11) is 0. The lowest BCUT2D eigenvalue weighted by Crippen LogP contribution is -2.30. The Balaban J connectivity index is 1.50. The van der Waals surface area contributed by atoms with Crippen LogP contribution in [0.25, 0.3) is 10.7 Å². The third kappa shape index (κ3) is 4.32. The first-order valence-corrected chi connectivity index (χ1v) is 9.92. The van der Waals surface area contributed by atoms with Crippen molar-refractivity contribution in [3.05, 3.63) is 107 Å². The Morgan fingerprint density at radius 2 is 1.54 bits per heavy atom. The first-order chi connectivity index (χ1) is 13.8. The molecule has 0 spiro atoms. The molecule has 5 heteroatoms. The summed E-state index contributed by atoms with van der Waals surface area (Å²) in [5.74, 6) is -0.0597. The molecule has 2 heterocycles. The second kappa shape index (κ2) is 8.59. The molecule has 1 N–H and O–H groups in total. The fourth-order valence-corrected chi connectivity index (χ4v) is 3.82. The first-order valence-electron chi connectivity index (χ1n) is 9.04. The largest absolute Gasteiger partial charge is 0.345 e. The van der Waals surface area contributed by atoms with Gasteiger partial charge in [-0.3, -0.25) is 9.78 Å². The quantitative estimate of drug-likeness (QED) is 0.525. The monoisotopic (exact) mass is 385 g/mol. The molecule has 0 saturated heterocycles. The first kappa shape index (κ1) is 18.1. The van der Waals surface area contributed by atoms with Crippen LogP contribution >= 0.6 is 11.3 Å². The number of nitrogens with zero attached hydrogens (tertiary/aromatic N) is 2. The van der Waals surface area contributed by atoms with Crippen LogP contribution in [0.4, 0.5) is 0 Å². The van der Waals surface area contributed by atoms with Crippen LogP contribution in [0.2, 0.25) is 0 Å². The Morgan fingerprint density at radius 3 is 2.14 bits per heavy atom. The van der Waals surface area contributed by atoms with Crippen molar-refractivity contribution < 1.29 is 4.79 Å². The molecular weight excluding hydrogens is 366 g/mol. The number of carbonyl (C=O) groups is 1. The molecule has 4 aromatic rings. The van der Waals surface area contributed by atoms with Gasteiger partial charge in [0.05, 0.1) is 23.9 Å². The van der Waals surface area contributed by atoms with Crippen LogP contribution in [0.5, 0.6) is 0 Å². The van der Waals surface area contributed by atoms with Crippen LogP contribution in [0.3, 0.4) is 0 Å². The van der Waals surface area contributed by atoms with E-state index in [1.54, 1.807) is 6.20 Å². The van der Waals surface area contributed by atoms with Crippen molar-refractivity contribution in [2.24, 2.45) is 0 Å². The standard InChI is InChI=1S/C23H19N3OS/c27-21(15-19-16-28-23(25-19)20-13-7-8-14-24-20)26-22(17-9-3-1-4-10-17)18-11-5-2-6-12-18/h1-14,16,22H,15H2,(H,26,27). The maximum atomic E-state index is 12.8. The second-order valence-electron chi connectivity index (χ2n) is 6.36. The Hall–Kier alpha value is -3.31. The summed E-state index contributed by atoms with van der Waals surface area (Å²) in [6.45, 7) is 0. The number of carbonyl (C=O) groups excluding carboxylic acids is 1. The van der Waals surface area contributed by atoms with E-state index in [0.29, 0.717) is 0 Å². The molecule has 4 rings (SSSR count). The smallest absolute Gasteiger partial charge is 0.226 e. The fourth-order valence-electron chi connectivity index (χ4n) is 3.02. The lowest BCUT2D eigenvalue weighted by molar-refractivity contribution is -0.121. The van der Waals surface area contributed by atoms with Crippen LogP contribution in [-0.2, 0) is 11.2 Å². The lowest BCUT2D eigenvalue weighted by atomic mass is 9.98. The van der Waals surface area contributed by atoms with Gasteiger partial charge in [-0.2, -0.15) is 0 Å². The number of amides is 1. The van der Waals surface area contributed by atoms with Crippen LogP contribution in [0.15, 0.2) is 90.4 Å². The fraction of sp³-hybridized carbons (Fsp3) is 0.0870. The van der Waals surface area contributed by atoms with E-state index in [1.165, 1.54) is 11.3 Å². The van der Waals surface area contributed by atoms with Crippen molar-refractivity contribution >= 4 is 17.2 Å². The SMILES string of the molecule is O=C(Cc1csc(-c2ccccn2)n1)NC(c1ccccc1)c1ccccc1. The summed E-state index contributed by atoms with van der Waals surface area (Å²) in [6, 6.07) is 25.5. The number of benzene rings is 2.